The van der Waals surface area contributed by atoms with Crippen LogP contribution in [0.3, 0.4) is 0 Å². The predicted molar refractivity (Wildman–Crippen MR) is 71.3 cm³/mol. The van der Waals surface area contributed by atoms with Crippen molar-refractivity contribution in [3.63, 3.8) is 0 Å². The van der Waals surface area contributed by atoms with Crippen molar-refractivity contribution in [2.45, 2.75) is 13.8 Å². The molecule has 0 spiro atoms. The molecule has 2 aromatic carbocycles. The molecular weight excluding hydrogens is 212 g/mol. The van der Waals surface area contributed by atoms with Gasteiger partial charge in [-0.15, -0.1) is 0 Å². The number of nitrogens with two attached hydrogens (primary N) is 2. The zero-order valence-electron chi connectivity index (χ0n) is 10.0. The lowest BCUT2D eigenvalue weighted by atomic mass is 10.1. The summed E-state index contributed by atoms with van der Waals surface area (Å²) >= 11 is 0. The molecule has 0 aliphatic carbocycles. The summed E-state index contributed by atoms with van der Waals surface area (Å²) in [5.41, 5.74) is 14.8. The first-order chi connectivity index (χ1) is 8.04. The van der Waals surface area contributed by atoms with Crippen molar-refractivity contribution in [2.24, 2.45) is 0 Å². The lowest BCUT2D eigenvalue weighted by Crippen LogP contribution is -1.95. The first-order valence-corrected chi connectivity index (χ1v) is 5.46. The van der Waals surface area contributed by atoms with Gasteiger partial charge in [0.15, 0.2) is 0 Å². The van der Waals surface area contributed by atoms with Crippen LogP contribution in [0.5, 0.6) is 11.5 Å². The molecule has 0 aromatic heterocycles. The molecule has 0 fully saturated rings. The molecule has 0 atom stereocenters. The van der Waals surface area contributed by atoms with E-state index in [1.54, 1.807) is 12.1 Å². The third-order valence-corrected chi connectivity index (χ3v) is 2.49. The Balaban J connectivity index is 2.28. The Hall–Kier alpha value is -2.16. The molecule has 0 unspecified atom stereocenters. The van der Waals surface area contributed by atoms with Gasteiger partial charge in [-0.05, 0) is 49.2 Å². The van der Waals surface area contributed by atoms with Crippen molar-refractivity contribution in [3.8, 4) is 11.5 Å². The maximum Gasteiger partial charge on any atom is 0.129 e. The molecule has 0 aliphatic heterocycles. The molecule has 2 aromatic rings. The molecule has 88 valence electrons. The van der Waals surface area contributed by atoms with Gasteiger partial charge in [0.1, 0.15) is 11.5 Å². The minimum absolute atomic E-state index is 0.534. The van der Waals surface area contributed by atoms with Crippen LogP contribution in [-0.2, 0) is 0 Å². The monoisotopic (exact) mass is 228 g/mol. The van der Waals surface area contributed by atoms with Crippen molar-refractivity contribution in [1.82, 2.24) is 0 Å². The number of benzene rings is 2. The number of aryl methyl sites for hydroxylation is 2. The minimum Gasteiger partial charge on any atom is -0.457 e. The van der Waals surface area contributed by atoms with Crippen LogP contribution >= 0.6 is 0 Å². The molecular formula is C14H16N2O. The molecule has 0 bridgehead atoms. The van der Waals surface area contributed by atoms with Crippen molar-refractivity contribution in [3.05, 3.63) is 47.5 Å². The molecule has 0 aliphatic rings. The molecule has 0 amide bonds. The number of hydrogen-bond acceptors (Lipinski definition) is 3. The fraction of sp³-hybridized carbons (Fsp3) is 0.143. The van der Waals surface area contributed by atoms with Crippen LogP contribution < -0.4 is 16.2 Å². The van der Waals surface area contributed by atoms with Crippen molar-refractivity contribution >= 4 is 11.4 Å². The van der Waals surface area contributed by atoms with Gasteiger partial charge in [0.2, 0.25) is 0 Å². The van der Waals surface area contributed by atoms with Gasteiger partial charge in [-0.3, -0.25) is 0 Å². The van der Waals surface area contributed by atoms with E-state index in [2.05, 4.69) is 6.07 Å². The third-order valence-electron chi connectivity index (χ3n) is 2.49. The Morgan fingerprint density at radius 1 is 0.765 bits per heavy atom. The van der Waals surface area contributed by atoms with Crippen LogP contribution in [0.1, 0.15) is 11.1 Å². The zero-order chi connectivity index (χ0) is 12.4. The average Bonchev–Trinajstić information content (AvgIpc) is 2.22. The van der Waals surface area contributed by atoms with E-state index in [0.717, 1.165) is 5.75 Å². The van der Waals surface area contributed by atoms with Crippen molar-refractivity contribution in [2.75, 3.05) is 11.5 Å². The number of rotatable bonds is 2. The number of ether oxygens (including phenoxy) is 1. The minimum atomic E-state index is 0.534. The highest BCUT2D eigenvalue weighted by atomic mass is 16.5. The van der Waals surface area contributed by atoms with Crippen molar-refractivity contribution in [1.29, 1.82) is 0 Å². The van der Waals surface area contributed by atoms with Crippen LogP contribution in [0.2, 0.25) is 0 Å². The summed E-state index contributed by atoms with van der Waals surface area (Å²) in [4.78, 5) is 0. The topological polar surface area (TPSA) is 61.3 Å². The van der Waals surface area contributed by atoms with E-state index < -0.39 is 0 Å². The van der Waals surface area contributed by atoms with E-state index in [9.17, 15) is 0 Å². The summed E-state index contributed by atoms with van der Waals surface area (Å²) in [5.74, 6) is 1.51. The predicted octanol–water partition coefficient (Wildman–Crippen LogP) is 3.26. The summed E-state index contributed by atoms with van der Waals surface area (Å²) in [6.45, 7) is 4.08. The highest BCUT2D eigenvalue weighted by molar-refractivity contribution is 5.65. The summed E-state index contributed by atoms with van der Waals surface area (Å²) in [6, 6.07) is 11.4. The summed E-state index contributed by atoms with van der Waals surface area (Å²) in [5, 5.41) is 0. The second-order valence-corrected chi connectivity index (χ2v) is 4.22. The molecule has 0 heterocycles. The standard InChI is InChI=1S/C14H16N2O/c1-9-5-10(2)7-12(6-9)17-11-3-4-13(15)14(16)8-11/h3-8H,15-16H2,1-2H3. The zero-order valence-corrected chi connectivity index (χ0v) is 10.0. The summed E-state index contributed by atoms with van der Waals surface area (Å²) in [7, 11) is 0. The maximum absolute atomic E-state index is 5.74. The Kier molecular flexibility index (Phi) is 2.91. The van der Waals surface area contributed by atoms with E-state index in [0.29, 0.717) is 17.1 Å². The van der Waals surface area contributed by atoms with Crippen LogP contribution in [0.15, 0.2) is 36.4 Å². The molecule has 17 heavy (non-hydrogen) atoms. The van der Waals surface area contributed by atoms with Gasteiger partial charge in [-0.1, -0.05) is 6.07 Å². The quantitative estimate of drug-likeness (QED) is 0.775. The molecule has 3 heteroatoms. The molecule has 0 radical (unpaired) electrons. The maximum atomic E-state index is 5.74. The molecule has 4 N–H and O–H groups in total. The molecule has 0 saturated carbocycles. The smallest absolute Gasteiger partial charge is 0.129 e. The van der Waals surface area contributed by atoms with Gasteiger partial charge in [0.25, 0.3) is 0 Å². The Labute approximate surface area is 101 Å². The second kappa shape index (κ2) is 4.37. The normalized spacial score (nSPS) is 10.2. The van der Waals surface area contributed by atoms with Gasteiger partial charge in [-0.2, -0.15) is 0 Å². The van der Waals surface area contributed by atoms with Gasteiger partial charge in [0.05, 0.1) is 11.4 Å². The Morgan fingerprint density at radius 2 is 1.41 bits per heavy atom. The van der Waals surface area contributed by atoms with Gasteiger partial charge in [-0.25, -0.2) is 0 Å². The SMILES string of the molecule is Cc1cc(C)cc(Oc2ccc(N)c(N)c2)c1. The largest absolute Gasteiger partial charge is 0.457 e. The van der Waals surface area contributed by atoms with Crippen LogP contribution in [0.4, 0.5) is 11.4 Å². The highest BCUT2D eigenvalue weighted by Crippen LogP contribution is 2.27. The Morgan fingerprint density at radius 3 is 2.00 bits per heavy atom. The summed E-state index contributed by atoms with van der Waals surface area (Å²) in [6.07, 6.45) is 0. The first-order valence-electron chi connectivity index (χ1n) is 5.46. The third kappa shape index (κ3) is 2.69. The fourth-order valence-corrected chi connectivity index (χ4v) is 1.74. The van der Waals surface area contributed by atoms with E-state index in [1.165, 1.54) is 11.1 Å². The lowest BCUT2D eigenvalue weighted by molar-refractivity contribution is 0.482. The number of nitrogen functional groups attached to an aromatic ring is 2. The number of hydrogen-bond donors (Lipinski definition) is 2. The van der Waals surface area contributed by atoms with E-state index in [4.69, 9.17) is 16.2 Å². The van der Waals surface area contributed by atoms with Gasteiger partial charge in [0, 0.05) is 6.07 Å². The fourth-order valence-electron chi connectivity index (χ4n) is 1.74. The molecule has 0 saturated heterocycles. The number of anilines is 2. The molecule has 3 nitrogen and oxygen atoms in total. The van der Waals surface area contributed by atoms with E-state index >= 15 is 0 Å². The van der Waals surface area contributed by atoms with E-state index in [-0.39, 0.29) is 0 Å². The van der Waals surface area contributed by atoms with Crippen LogP contribution in [-0.4, -0.2) is 0 Å². The Bertz CT molecular complexity index is 530. The molecule has 2 rings (SSSR count). The van der Waals surface area contributed by atoms with Crippen LogP contribution in [0, 0.1) is 13.8 Å². The van der Waals surface area contributed by atoms with Crippen LogP contribution in [0.25, 0.3) is 0 Å². The first kappa shape index (κ1) is 11.3. The van der Waals surface area contributed by atoms with Gasteiger partial charge >= 0.3 is 0 Å². The van der Waals surface area contributed by atoms with Crippen molar-refractivity contribution < 1.29 is 4.74 Å². The summed E-state index contributed by atoms with van der Waals surface area (Å²) < 4.78 is 5.74. The van der Waals surface area contributed by atoms with E-state index in [1.807, 2.05) is 32.0 Å². The lowest BCUT2D eigenvalue weighted by Gasteiger charge is -2.09. The highest BCUT2D eigenvalue weighted by Gasteiger charge is 2.01. The van der Waals surface area contributed by atoms with Gasteiger partial charge < -0.3 is 16.2 Å². The second-order valence-electron chi connectivity index (χ2n) is 4.22. The average molecular weight is 228 g/mol.